The molecule has 1 saturated carbocycles. The quantitative estimate of drug-likeness (QED) is 0.769. The van der Waals surface area contributed by atoms with Crippen LogP contribution in [0.4, 0.5) is 0 Å². The molecule has 0 spiro atoms. The molecule has 0 amide bonds. The lowest BCUT2D eigenvalue weighted by Crippen LogP contribution is -2.23. The monoisotopic (exact) mass is 329 g/mol. The minimum atomic E-state index is 0.448. The molecule has 0 heterocycles. The number of hydrogen-bond donors (Lipinski definition) is 1. The second-order valence-electron chi connectivity index (χ2n) is 5.17. The highest BCUT2D eigenvalue weighted by Gasteiger charge is 2.21. The Bertz CT molecular complexity index is 388. The van der Waals surface area contributed by atoms with Gasteiger partial charge >= 0.3 is 0 Å². The number of hydrogen-bond acceptors (Lipinski definition) is 1. The van der Waals surface area contributed by atoms with Crippen molar-refractivity contribution < 1.29 is 0 Å². The lowest BCUT2D eigenvalue weighted by Gasteiger charge is -2.22. The van der Waals surface area contributed by atoms with Crippen LogP contribution in [0, 0.1) is 5.92 Å². The van der Waals surface area contributed by atoms with Gasteiger partial charge in [0.05, 0.1) is 5.02 Å². The molecule has 1 N–H and O–H groups in total. The normalized spacial score (nSPS) is 18.2. The van der Waals surface area contributed by atoms with E-state index in [2.05, 4.69) is 46.4 Å². The van der Waals surface area contributed by atoms with Crippen LogP contribution in [0.1, 0.15) is 50.6 Å². The van der Waals surface area contributed by atoms with Crippen LogP contribution in [0.2, 0.25) is 5.02 Å². The molecule has 3 heteroatoms. The Morgan fingerprint density at radius 2 is 2.11 bits per heavy atom. The highest BCUT2D eigenvalue weighted by atomic mass is 79.9. The molecule has 0 aliphatic heterocycles. The maximum absolute atomic E-state index is 6.20. The van der Waals surface area contributed by atoms with Crippen molar-refractivity contribution in [2.75, 3.05) is 6.54 Å². The molecule has 1 aliphatic carbocycles. The summed E-state index contributed by atoms with van der Waals surface area (Å²) in [5.41, 5.74) is 1.32. The Morgan fingerprint density at radius 3 is 2.72 bits per heavy atom. The predicted molar refractivity (Wildman–Crippen MR) is 82.1 cm³/mol. The molecule has 0 aromatic heterocycles. The first-order chi connectivity index (χ1) is 8.70. The molecule has 0 saturated heterocycles. The van der Waals surface area contributed by atoms with Crippen molar-refractivity contribution in [3.63, 3.8) is 0 Å². The SMILES string of the molecule is CCNC(CC1CCCC1)c1ccc(Br)c(Cl)c1. The fraction of sp³-hybridized carbons (Fsp3) is 0.600. The number of rotatable bonds is 5. The Hall–Kier alpha value is -0.0500. The summed E-state index contributed by atoms with van der Waals surface area (Å²) in [6.07, 6.45) is 6.85. The molecule has 1 aromatic carbocycles. The van der Waals surface area contributed by atoms with Crippen LogP contribution in [-0.2, 0) is 0 Å². The van der Waals surface area contributed by atoms with E-state index in [1.54, 1.807) is 0 Å². The largest absolute Gasteiger partial charge is 0.310 e. The van der Waals surface area contributed by atoms with Crippen molar-refractivity contribution in [2.45, 2.75) is 45.1 Å². The summed E-state index contributed by atoms with van der Waals surface area (Å²) in [7, 11) is 0. The number of benzene rings is 1. The smallest absolute Gasteiger partial charge is 0.0551 e. The number of nitrogens with one attached hydrogen (secondary N) is 1. The lowest BCUT2D eigenvalue weighted by molar-refractivity contribution is 0.401. The van der Waals surface area contributed by atoms with E-state index in [9.17, 15) is 0 Å². The van der Waals surface area contributed by atoms with E-state index < -0.39 is 0 Å². The summed E-state index contributed by atoms with van der Waals surface area (Å²) in [6.45, 7) is 3.17. The van der Waals surface area contributed by atoms with Crippen LogP contribution in [-0.4, -0.2) is 6.54 Å². The minimum absolute atomic E-state index is 0.448. The molecule has 1 unspecified atom stereocenters. The summed E-state index contributed by atoms with van der Waals surface area (Å²) in [5, 5.41) is 4.41. The van der Waals surface area contributed by atoms with Gasteiger partial charge in [0.2, 0.25) is 0 Å². The standard InChI is InChI=1S/C15H21BrClN/c1-2-18-15(9-11-5-3-4-6-11)12-7-8-13(16)14(17)10-12/h7-8,10-11,15,18H,2-6,9H2,1H3. The van der Waals surface area contributed by atoms with E-state index in [0.717, 1.165) is 22.0 Å². The van der Waals surface area contributed by atoms with E-state index in [4.69, 9.17) is 11.6 Å². The predicted octanol–water partition coefficient (Wildman–Crippen LogP) is 5.33. The molecule has 0 radical (unpaired) electrons. The molecule has 100 valence electrons. The Morgan fingerprint density at radius 1 is 1.39 bits per heavy atom. The number of halogens is 2. The second kappa shape index (κ2) is 6.93. The van der Waals surface area contributed by atoms with Crippen LogP contribution in [0.15, 0.2) is 22.7 Å². The van der Waals surface area contributed by atoms with Gasteiger partial charge in [-0.15, -0.1) is 0 Å². The molecule has 1 aliphatic rings. The molecule has 1 fully saturated rings. The third-order valence-electron chi connectivity index (χ3n) is 3.84. The summed E-state index contributed by atoms with van der Waals surface area (Å²) >= 11 is 9.65. The third-order valence-corrected chi connectivity index (χ3v) is 5.07. The Kier molecular flexibility index (Phi) is 5.53. The fourth-order valence-corrected chi connectivity index (χ4v) is 3.33. The van der Waals surface area contributed by atoms with Crippen molar-refractivity contribution >= 4 is 27.5 Å². The summed E-state index contributed by atoms with van der Waals surface area (Å²) < 4.78 is 0.976. The Balaban J connectivity index is 2.09. The van der Waals surface area contributed by atoms with Crippen LogP contribution in [0.25, 0.3) is 0 Å². The van der Waals surface area contributed by atoms with E-state index in [-0.39, 0.29) is 0 Å². The van der Waals surface area contributed by atoms with Gasteiger partial charge < -0.3 is 5.32 Å². The van der Waals surface area contributed by atoms with Gasteiger partial charge in [0.15, 0.2) is 0 Å². The molecule has 0 bridgehead atoms. The van der Waals surface area contributed by atoms with Gasteiger partial charge in [0.25, 0.3) is 0 Å². The minimum Gasteiger partial charge on any atom is -0.310 e. The van der Waals surface area contributed by atoms with E-state index >= 15 is 0 Å². The van der Waals surface area contributed by atoms with E-state index in [0.29, 0.717) is 6.04 Å². The molecular formula is C15H21BrClN. The molecule has 1 aromatic rings. The zero-order valence-electron chi connectivity index (χ0n) is 10.9. The summed E-state index contributed by atoms with van der Waals surface area (Å²) in [6, 6.07) is 6.77. The van der Waals surface area contributed by atoms with Crippen LogP contribution in [0.3, 0.4) is 0 Å². The van der Waals surface area contributed by atoms with Crippen molar-refractivity contribution in [2.24, 2.45) is 5.92 Å². The summed E-state index contributed by atoms with van der Waals surface area (Å²) in [4.78, 5) is 0. The molecule has 2 rings (SSSR count). The van der Waals surface area contributed by atoms with Crippen molar-refractivity contribution in [1.82, 2.24) is 5.32 Å². The zero-order chi connectivity index (χ0) is 13.0. The van der Waals surface area contributed by atoms with E-state index in [1.807, 2.05) is 0 Å². The first-order valence-corrected chi connectivity index (χ1v) is 8.06. The maximum Gasteiger partial charge on any atom is 0.0551 e. The van der Waals surface area contributed by atoms with E-state index in [1.165, 1.54) is 37.7 Å². The molecule has 1 atom stereocenters. The highest BCUT2D eigenvalue weighted by Crippen LogP contribution is 2.34. The average molecular weight is 331 g/mol. The molecule has 18 heavy (non-hydrogen) atoms. The molecule has 1 nitrogen and oxygen atoms in total. The average Bonchev–Trinajstić information content (AvgIpc) is 2.85. The van der Waals surface area contributed by atoms with Crippen LogP contribution in [0.5, 0.6) is 0 Å². The zero-order valence-corrected chi connectivity index (χ0v) is 13.2. The Labute approximate surface area is 123 Å². The maximum atomic E-state index is 6.20. The van der Waals surface area contributed by atoms with Gasteiger partial charge in [-0.3, -0.25) is 0 Å². The first kappa shape index (κ1) is 14.4. The van der Waals surface area contributed by atoms with Crippen molar-refractivity contribution in [1.29, 1.82) is 0 Å². The van der Waals surface area contributed by atoms with Gasteiger partial charge in [-0.2, -0.15) is 0 Å². The van der Waals surface area contributed by atoms with Gasteiger partial charge in [0.1, 0.15) is 0 Å². The van der Waals surface area contributed by atoms with Crippen LogP contribution < -0.4 is 5.32 Å². The molecular weight excluding hydrogens is 310 g/mol. The highest BCUT2D eigenvalue weighted by molar-refractivity contribution is 9.10. The topological polar surface area (TPSA) is 12.0 Å². The van der Waals surface area contributed by atoms with Crippen molar-refractivity contribution in [3.8, 4) is 0 Å². The fourth-order valence-electron chi connectivity index (χ4n) is 2.89. The lowest BCUT2D eigenvalue weighted by atomic mass is 9.93. The van der Waals surface area contributed by atoms with Gasteiger partial charge in [0, 0.05) is 10.5 Å². The third kappa shape index (κ3) is 3.72. The van der Waals surface area contributed by atoms with Gasteiger partial charge in [-0.1, -0.05) is 50.3 Å². The second-order valence-corrected chi connectivity index (χ2v) is 6.43. The van der Waals surface area contributed by atoms with Crippen LogP contribution >= 0.6 is 27.5 Å². The van der Waals surface area contributed by atoms with Gasteiger partial charge in [-0.05, 0) is 52.5 Å². The van der Waals surface area contributed by atoms with Gasteiger partial charge in [-0.25, -0.2) is 0 Å². The first-order valence-electron chi connectivity index (χ1n) is 6.89. The van der Waals surface area contributed by atoms with Crippen molar-refractivity contribution in [3.05, 3.63) is 33.3 Å². The summed E-state index contributed by atoms with van der Waals surface area (Å²) in [5.74, 6) is 0.886.